The summed E-state index contributed by atoms with van der Waals surface area (Å²) in [6, 6.07) is 31.7. The highest BCUT2D eigenvalue weighted by molar-refractivity contribution is 8.18. The maximum absolute atomic E-state index is 13.6. The van der Waals surface area contributed by atoms with Gasteiger partial charge in [-0.05, 0) is 71.3 Å². The van der Waals surface area contributed by atoms with Crippen LogP contribution in [0, 0.1) is 5.82 Å². The molecule has 7 heteroatoms. The molecule has 1 aliphatic heterocycles. The first-order valence-corrected chi connectivity index (χ1v) is 13.9. The lowest BCUT2D eigenvalue weighted by Gasteiger charge is -2.15. The van der Waals surface area contributed by atoms with E-state index in [1.807, 2.05) is 91.9 Å². The number of hydrogen-bond acceptors (Lipinski definition) is 5. The molecule has 0 atom stereocenters. The molecule has 0 radical (unpaired) electrons. The number of carbonyl (C=O) groups excluding carboxylic acids is 1. The van der Waals surface area contributed by atoms with E-state index < -0.39 is 0 Å². The van der Waals surface area contributed by atoms with Gasteiger partial charge in [0, 0.05) is 0 Å². The average Bonchev–Trinajstić information content (AvgIpc) is 3.27. The van der Waals surface area contributed by atoms with Gasteiger partial charge in [0.15, 0.2) is 16.7 Å². The molecular weight excluding hydrogens is 523 g/mol. The van der Waals surface area contributed by atoms with Gasteiger partial charge in [-0.25, -0.2) is 4.39 Å². The van der Waals surface area contributed by atoms with Gasteiger partial charge in [0.1, 0.15) is 12.4 Å². The first kappa shape index (κ1) is 27.2. The second-order valence-electron chi connectivity index (χ2n) is 9.13. The van der Waals surface area contributed by atoms with Crippen LogP contribution in [0.2, 0.25) is 0 Å². The molecule has 1 amide bonds. The number of amidine groups is 1. The Hall–Kier alpha value is -4.36. The summed E-state index contributed by atoms with van der Waals surface area (Å²) in [5.41, 5.74) is 3.78. The van der Waals surface area contributed by atoms with E-state index >= 15 is 0 Å². The monoisotopic (exact) mass is 552 g/mol. The third-order valence-corrected chi connectivity index (χ3v) is 7.23. The summed E-state index contributed by atoms with van der Waals surface area (Å²) >= 11 is 1.38. The predicted molar refractivity (Wildman–Crippen MR) is 158 cm³/mol. The van der Waals surface area contributed by atoms with Crippen LogP contribution in [0.4, 0.5) is 4.39 Å². The van der Waals surface area contributed by atoms with Crippen LogP contribution in [-0.4, -0.2) is 22.6 Å². The number of rotatable bonds is 10. The number of carbonyl (C=O) groups is 1. The molecular formula is C33H29FN2O3S. The van der Waals surface area contributed by atoms with Crippen LogP contribution >= 0.6 is 11.8 Å². The van der Waals surface area contributed by atoms with E-state index in [2.05, 4.69) is 0 Å². The number of aliphatic imine (C=N–C) groups is 1. The number of nitrogens with zero attached hydrogens (tertiary/aromatic N) is 2. The van der Waals surface area contributed by atoms with Crippen LogP contribution in [0.5, 0.6) is 11.5 Å². The standard InChI is InChI=1S/C33H29FN2O3S/c1-2-38-30-19-27(15-18-29(30)39-23-26-13-16-28(34)17-14-26)20-31-32(37)36(22-25-11-7-4-8-12-25)33(40-31)35-21-24-9-5-3-6-10-24/h3-20H,2,21-23H2,1H3/b31-20+,35-33?. The van der Waals surface area contributed by atoms with Gasteiger partial charge in [-0.3, -0.25) is 14.7 Å². The summed E-state index contributed by atoms with van der Waals surface area (Å²) in [4.78, 5) is 20.7. The topological polar surface area (TPSA) is 51.1 Å². The molecule has 1 saturated heterocycles. The van der Waals surface area contributed by atoms with Crippen molar-refractivity contribution >= 4 is 28.9 Å². The van der Waals surface area contributed by atoms with Gasteiger partial charge in [0.05, 0.1) is 24.6 Å². The summed E-state index contributed by atoms with van der Waals surface area (Å²) in [7, 11) is 0. The summed E-state index contributed by atoms with van der Waals surface area (Å²) in [6.07, 6.45) is 1.86. The Morgan fingerprint density at radius 1 is 0.825 bits per heavy atom. The van der Waals surface area contributed by atoms with E-state index in [0.29, 0.717) is 41.3 Å². The van der Waals surface area contributed by atoms with Gasteiger partial charge in [0.2, 0.25) is 0 Å². The van der Waals surface area contributed by atoms with Gasteiger partial charge in [-0.15, -0.1) is 0 Å². The molecule has 0 unspecified atom stereocenters. The molecule has 202 valence electrons. The maximum atomic E-state index is 13.6. The number of thioether (sulfide) groups is 1. The molecule has 0 N–H and O–H groups in total. The molecule has 0 saturated carbocycles. The summed E-state index contributed by atoms with van der Waals surface area (Å²) < 4.78 is 25.0. The van der Waals surface area contributed by atoms with Gasteiger partial charge in [0.25, 0.3) is 5.91 Å². The van der Waals surface area contributed by atoms with E-state index in [9.17, 15) is 9.18 Å². The summed E-state index contributed by atoms with van der Waals surface area (Å²) in [6.45, 7) is 3.58. The van der Waals surface area contributed by atoms with E-state index in [0.717, 1.165) is 22.3 Å². The Morgan fingerprint density at radius 2 is 1.52 bits per heavy atom. The molecule has 4 aromatic carbocycles. The van der Waals surface area contributed by atoms with Crippen molar-refractivity contribution in [2.45, 2.75) is 26.6 Å². The molecule has 0 aromatic heterocycles. The Balaban J connectivity index is 1.38. The predicted octanol–water partition coefficient (Wildman–Crippen LogP) is 7.48. The van der Waals surface area contributed by atoms with Crippen LogP contribution in [0.15, 0.2) is 113 Å². The summed E-state index contributed by atoms with van der Waals surface area (Å²) in [5, 5.41) is 0.674. The van der Waals surface area contributed by atoms with Crippen molar-refractivity contribution < 1.29 is 18.7 Å². The van der Waals surface area contributed by atoms with E-state index in [4.69, 9.17) is 14.5 Å². The van der Waals surface area contributed by atoms with E-state index in [1.54, 1.807) is 17.0 Å². The van der Waals surface area contributed by atoms with Gasteiger partial charge >= 0.3 is 0 Å². The zero-order chi connectivity index (χ0) is 27.7. The molecule has 0 spiro atoms. The lowest BCUT2D eigenvalue weighted by molar-refractivity contribution is -0.122. The van der Waals surface area contributed by atoms with Crippen LogP contribution in [-0.2, 0) is 24.5 Å². The van der Waals surface area contributed by atoms with Gasteiger partial charge in [-0.1, -0.05) is 78.9 Å². The van der Waals surface area contributed by atoms with Gasteiger partial charge in [-0.2, -0.15) is 0 Å². The fraction of sp³-hybridized carbons (Fsp3) is 0.152. The minimum Gasteiger partial charge on any atom is -0.490 e. The third kappa shape index (κ3) is 6.98. The molecule has 4 aromatic rings. The van der Waals surface area contributed by atoms with Crippen molar-refractivity contribution in [3.05, 3.63) is 136 Å². The highest BCUT2D eigenvalue weighted by Gasteiger charge is 2.33. The molecule has 1 aliphatic rings. The second kappa shape index (κ2) is 13.1. The van der Waals surface area contributed by atoms with Gasteiger partial charge < -0.3 is 9.47 Å². The Kier molecular flexibility index (Phi) is 8.93. The van der Waals surface area contributed by atoms with Crippen LogP contribution in [0.3, 0.4) is 0 Å². The highest BCUT2D eigenvalue weighted by Crippen LogP contribution is 2.36. The summed E-state index contributed by atoms with van der Waals surface area (Å²) in [5.74, 6) is 0.782. The third-order valence-electron chi connectivity index (χ3n) is 6.18. The zero-order valence-electron chi connectivity index (χ0n) is 22.1. The Morgan fingerprint density at radius 3 is 2.23 bits per heavy atom. The number of benzene rings is 4. The molecule has 40 heavy (non-hydrogen) atoms. The maximum Gasteiger partial charge on any atom is 0.267 e. The minimum absolute atomic E-state index is 0.0877. The van der Waals surface area contributed by atoms with Crippen molar-refractivity contribution in [1.29, 1.82) is 0 Å². The normalized spacial score (nSPS) is 15.2. The average molecular weight is 553 g/mol. The molecule has 0 aliphatic carbocycles. The smallest absolute Gasteiger partial charge is 0.267 e. The van der Waals surface area contributed by atoms with Crippen molar-refractivity contribution in [1.82, 2.24) is 4.90 Å². The van der Waals surface area contributed by atoms with E-state index in [1.165, 1.54) is 23.9 Å². The molecule has 1 fully saturated rings. The zero-order valence-corrected chi connectivity index (χ0v) is 22.9. The number of amides is 1. The Labute approximate surface area is 238 Å². The largest absolute Gasteiger partial charge is 0.490 e. The van der Waals surface area contributed by atoms with Crippen molar-refractivity contribution in [3.63, 3.8) is 0 Å². The van der Waals surface area contributed by atoms with Crippen molar-refractivity contribution in [2.24, 2.45) is 4.99 Å². The molecule has 5 rings (SSSR count). The second-order valence-corrected chi connectivity index (χ2v) is 10.1. The number of halogens is 1. The Bertz CT molecular complexity index is 1510. The van der Waals surface area contributed by atoms with Crippen LogP contribution in [0.25, 0.3) is 6.08 Å². The van der Waals surface area contributed by atoms with Crippen LogP contribution < -0.4 is 9.47 Å². The molecule has 0 bridgehead atoms. The molecule has 5 nitrogen and oxygen atoms in total. The lowest BCUT2D eigenvalue weighted by atomic mass is 10.1. The first-order valence-electron chi connectivity index (χ1n) is 13.1. The first-order chi connectivity index (χ1) is 19.6. The SMILES string of the molecule is CCOc1cc(/C=C2/SC(=NCc3ccccc3)N(Cc3ccccc3)C2=O)ccc1OCc1ccc(F)cc1. The van der Waals surface area contributed by atoms with Crippen LogP contribution in [0.1, 0.15) is 29.2 Å². The minimum atomic E-state index is -0.286. The lowest BCUT2D eigenvalue weighted by Crippen LogP contribution is -2.28. The highest BCUT2D eigenvalue weighted by atomic mass is 32.2. The molecule has 1 heterocycles. The van der Waals surface area contributed by atoms with E-state index in [-0.39, 0.29) is 18.3 Å². The fourth-order valence-corrected chi connectivity index (χ4v) is 5.14. The number of hydrogen-bond donors (Lipinski definition) is 0. The van der Waals surface area contributed by atoms with Crippen molar-refractivity contribution in [3.8, 4) is 11.5 Å². The fourth-order valence-electron chi connectivity index (χ4n) is 4.17. The van der Waals surface area contributed by atoms with Crippen molar-refractivity contribution in [2.75, 3.05) is 6.61 Å². The number of ether oxygens (including phenoxy) is 2. The quantitative estimate of drug-likeness (QED) is 0.192.